The van der Waals surface area contributed by atoms with E-state index in [4.69, 9.17) is 0 Å². The highest BCUT2D eigenvalue weighted by atomic mass is 16.2. The van der Waals surface area contributed by atoms with E-state index >= 15 is 0 Å². The van der Waals surface area contributed by atoms with Crippen LogP contribution >= 0.6 is 0 Å². The average Bonchev–Trinajstić information content (AvgIpc) is 3.54. The second-order valence-corrected chi connectivity index (χ2v) is 11.6. The van der Waals surface area contributed by atoms with Gasteiger partial charge in [-0.2, -0.15) is 0 Å². The van der Waals surface area contributed by atoms with Gasteiger partial charge in [-0.25, -0.2) is 0 Å². The third-order valence-corrected chi connectivity index (χ3v) is 7.70. The van der Waals surface area contributed by atoms with E-state index in [1.807, 2.05) is 61.2 Å². The predicted molar refractivity (Wildman–Crippen MR) is 155 cm³/mol. The van der Waals surface area contributed by atoms with Crippen LogP contribution < -0.4 is 5.32 Å². The number of anilines is 1. The minimum absolute atomic E-state index is 0.0747. The number of carbonyl (C=O) groups is 2. The highest BCUT2D eigenvalue weighted by molar-refractivity contribution is 6.06. The molecule has 1 aliphatic rings. The third kappa shape index (κ3) is 5.24. The van der Waals surface area contributed by atoms with Crippen LogP contribution in [0.15, 0.2) is 66.7 Å². The Hall–Kier alpha value is -3.86. The molecule has 1 saturated heterocycles. The number of aromatic nitrogens is 1. The first-order valence-electron chi connectivity index (χ1n) is 13.5. The Morgan fingerprint density at radius 2 is 1.55 bits per heavy atom. The Kier molecular flexibility index (Phi) is 6.87. The minimum atomic E-state index is -0.140. The molecule has 1 aromatic heterocycles. The molecule has 4 aromatic rings. The van der Waals surface area contributed by atoms with Crippen LogP contribution in [-0.2, 0) is 12.0 Å². The SMILES string of the molecule is Cc1ccc(C(=O)Nc2ccc3c(c2)cc(C(=O)N2CCCC2)n3Cc2ccc(C(C)(C)C)cc2)cc1C. The van der Waals surface area contributed by atoms with Gasteiger partial charge in [0.2, 0.25) is 0 Å². The second-order valence-electron chi connectivity index (χ2n) is 11.6. The molecular formula is C33H37N3O2. The van der Waals surface area contributed by atoms with Crippen molar-refractivity contribution < 1.29 is 9.59 Å². The van der Waals surface area contributed by atoms with E-state index in [-0.39, 0.29) is 17.2 Å². The Balaban J connectivity index is 1.48. The lowest BCUT2D eigenvalue weighted by Crippen LogP contribution is -2.29. The Morgan fingerprint density at radius 3 is 2.21 bits per heavy atom. The van der Waals surface area contributed by atoms with Gasteiger partial charge in [0.05, 0.1) is 0 Å². The summed E-state index contributed by atoms with van der Waals surface area (Å²) in [5.74, 6) is -0.0649. The summed E-state index contributed by atoms with van der Waals surface area (Å²) in [6, 6.07) is 22.3. The first-order valence-corrected chi connectivity index (χ1v) is 13.5. The smallest absolute Gasteiger partial charge is 0.270 e. The van der Waals surface area contributed by atoms with Gasteiger partial charge in [0.25, 0.3) is 11.8 Å². The quantitative estimate of drug-likeness (QED) is 0.313. The van der Waals surface area contributed by atoms with Gasteiger partial charge in [0.15, 0.2) is 0 Å². The zero-order valence-electron chi connectivity index (χ0n) is 23.1. The first kappa shape index (κ1) is 25.8. The molecule has 0 saturated carbocycles. The number of carbonyl (C=O) groups excluding carboxylic acids is 2. The van der Waals surface area contributed by atoms with Crippen molar-refractivity contribution in [1.29, 1.82) is 0 Å². The van der Waals surface area contributed by atoms with Crippen LogP contribution in [0.3, 0.4) is 0 Å². The van der Waals surface area contributed by atoms with Crippen LogP contribution in [0, 0.1) is 13.8 Å². The number of benzene rings is 3. The summed E-state index contributed by atoms with van der Waals surface area (Å²) in [5.41, 5.74) is 7.80. The molecule has 5 rings (SSSR count). The van der Waals surface area contributed by atoms with Gasteiger partial charge in [-0.1, -0.05) is 51.1 Å². The number of aryl methyl sites for hydroxylation is 2. The van der Waals surface area contributed by atoms with Gasteiger partial charge in [-0.3, -0.25) is 9.59 Å². The summed E-state index contributed by atoms with van der Waals surface area (Å²) in [7, 11) is 0. The monoisotopic (exact) mass is 507 g/mol. The highest BCUT2D eigenvalue weighted by Gasteiger charge is 2.24. The number of amides is 2. The largest absolute Gasteiger partial charge is 0.337 e. The van der Waals surface area contributed by atoms with Crippen molar-refractivity contribution in [2.45, 2.75) is 59.4 Å². The van der Waals surface area contributed by atoms with Gasteiger partial charge >= 0.3 is 0 Å². The third-order valence-electron chi connectivity index (χ3n) is 7.70. The van der Waals surface area contributed by atoms with E-state index < -0.39 is 0 Å². The molecule has 0 aliphatic carbocycles. The molecule has 196 valence electrons. The number of nitrogens with zero attached hydrogens (tertiary/aromatic N) is 2. The molecule has 0 unspecified atom stereocenters. The molecule has 5 heteroatoms. The van der Waals surface area contributed by atoms with Gasteiger partial charge in [-0.05, 0) is 90.8 Å². The molecular weight excluding hydrogens is 470 g/mol. The Morgan fingerprint density at radius 1 is 0.842 bits per heavy atom. The lowest BCUT2D eigenvalue weighted by Gasteiger charge is -2.20. The van der Waals surface area contributed by atoms with Gasteiger partial charge in [0, 0.05) is 41.8 Å². The van der Waals surface area contributed by atoms with Crippen molar-refractivity contribution in [2.24, 2.45) is 0 Å². The molecule has 5 nitrogen and oxygen atoms in total. The van der Waals surface area contributed by atoms with E-state index in [1.165, 1.54) is 5.56 Å². The summed E-state index contributed by atoms with van der Waals surface area (Å²) >= 11 is 0. The average molecular weight is 508 g/mol. The molecule has 2 amide bonds. The fourth-order valence-corrected chi connectivity index (χ4v) is 5.16. The maximum atomic E-state index is 13.6. The summed E-state index contributed by atoms with van der Waals surface area (Å²) in [4.78, 5) is 28.4. The molecule has 0 spiro atoms. The highest BCUT2D eigenvalue weighted by Crippen LogP contribution is 2.28. The molecule has 2 heterocycles. The van der Waals surface area contributed by atoms with Crippen molar-refractivity contribution in [3.8, 4) is 0 Å². The topological polar surface area (TPSA) is 54.3 Å². The number of fused-ring (bicyclic) bond motifs is 1. The number of likely N-dealkylation sites (tertiary alicyclic amines) is 1. The van der Waals surface area contributed by atoms with E-state index in [2.05, 4.69) is 54.9 Å². The van der Waals surface area contributed by atoms with E-state index in [0.717, 1.165) is 53.5 Å². The fraction of sp³-hybridized carbons (Fsp3) is 0.333. The lowest BCUT2D eigenvalue weighted by molar-refractivity contribution is 0.0783. The Bertz CT molecular complexity index is 1500. The number of nitrogens with one attached hydrogen (secondary N) is 1. The zero-order valence-corrected chi connectivity index (χ0v) is 23.1. The van der Waals surface area contributed by atoms with Crippen LogP contribution in [0.4, 0.5) is 5.69 Å². The van der Waals surface area contributed by atoms with Gasteiger partial charge in [-0.15, -0.1) is 0 Å². The van der Waals surface area contributed by atoms with E-state index in [0.29, 0.717) is 23.5 Å². The lowest BCUT2D eigenvalue weighted by atomic mass is 9.87. The molecule has 0 atom stereocenters. The van der Waals surface area contributed by atoms with E-state index in [1.54, 1.807) is 0 Å². The number of hydrogen-bond donors (Lipinski definition) is 1. The summed E-state index contributed by atoms with van der Waals surface area (Å²) in [6.45, 7) is 12.9. The van der Waals surface area contributed by atoms with Crippen molar-refractivity contribution in [3.63, 3.8) is 0 Å². The van der Waals surface area contributed by atoms with Crippen LogP contribution in [0.25, 0.3) is 10.9 Å². The fourth-order valence-electron chi connectivity index (χ4n) is 5.16. The Labute approximate surface area is 225 Å². The standard InChI is InChI=1S/C33H37N3O2/c1-22-8-11-25(18-23(22)2)31(37)34-28-14-15-29-26(19-28)20-30(32(38)35-16-6-7-17-35)36(29)21-24-9-12-27(13-10-24)33(3,4)5/h8-15,18-20H,6-7,16-17,21H2,1-5H3,(H,34,37). The molecule has 1 N–H and O–H groups in total. The number of rotatable bonds is 5. The second kappa shape index (κ2) is 10.1. The van der Waals surface area contributed by atoms with Gasteiger partial charge in [0.1, 0.15) is 5.69 Å². The van der Waals surface area contributed by atoms with Crippen molar-refractivity contribution in [3.05, 3.63) is 100 Å². The summed E-state index contributed by atoms with van der Waals surface area (Å²) < 4.78 is 2.12. The van der Waals surface area contributed by atoms with Crippen LogP contribution in [0.2, 0.25) is 0 Å². The predicted octanol–water partition coefficient (Wildman–Crippen LogP) is 7.09. The zero-order chi connectivity index (χ0) is 27.0. The molecule has 1 aliphatic heterocycles. The molecule has 3 aromatic carbocycles. The molecule has 1 fully saturated rings. The first-order chi connectivity index (χ1) is 18.1. The number of hydrogen-bond acceptors (Lipinski definition) is 2. The van der Waals surface area contributed by atoms with Crippen molar-refractivity contribution in [2.75, 3.05) is 18.4 Å². The minimum Gasteiger partial charge on any atom is -0.337 e. The summed E-state index contributed by atoms with van der Waals surface area (Å²) in [5, 5.41) is 3.98. The van der Waals surface area contributed by atoms with Gasteiger partial charge < -0.3 is 14.8 Å². The van der Waals surface area contributed by atoms with Crippen molar-refractivity contribution >= 4 is 28.4 Å². The molecule has 38 heavy (non-hydrogen) atoms. The maximum Gasteiger partial charge on any atom is 0.270 e. The summed E-state index contributed by atoms with van der Waals surface area (Å²) in [6.07, 6.45) is 2.10. The van der Waals surface area contributed by atoms with Crippen molar-refractivity contribution in [1.82, 2.24) is 9.47 Å². The maximum absolute atomic E-state index is 13.6. The molecule has 0 bridgehead atoms. The van der Waals surface area contributed by atoms with Crippen LogP contribution in [-0.4, -0.2) is 34.4 Å². The normalized spacial score (nSPS) is 13.8. The van der Waals surface area contributed by atoms with Crippen LogP contribution in [0.5, 0.6) is 0 Å². The molecule has 0 radical (unpaired) electrons. The van der Waals surface area contributed by atoms with E-state index in [9.17, 15) is 9.59 Å². The van der Waals surface area contributed by atoms with Crippen LogP contribution in [0.1, 0.15) is 76.7 Å².